The van der Waals surface area contributed by atoms with E-state index in [1.807, 2.05) is 54.6 Å². The molecule has 0 radical (unpaired) electrons. The Bertz CT molecular complexity index is 3300. The molecule has 284 valence electrons. The molecular formula is C54H36N4O2. The first-order valence-corrected chi connectivity index (χ1v) is 20.3. The summed E-state index contributed by atoms with van der Waals surface area (Å²) in [6.07, 6.45) is 0. The van der Waals surface area contributed by atoms with Crippen molar-refractivity contribution in [3.63, 3.8) is 0 Å². The molecule has 12 rings (SSSR count). The van der Waals surface area contributed by atoms with E-state index in [1.54, 1.807) is 0 Å². The summed E-state index contributed by atoms with van der Waals surface area (Å²) in [7, 11) is 0. The smallest absolute Gasteiger partial charge is 0.178 e. The van der Waals surface area contributed by atoms with E-state index in [9.17, 15) is 0 Å². The van der Waals surface area contributed by atoms with Crippen molar-refractivity contribution in [3.8, 4) is 85.1 Å². The fraction of sp³-hybridized carbons (Fsp3) is 0.0556. The maximum Gasteiger partial charge on any atom is 0.178 e. The highest BCUT2D eigenvalue weighted by atomic mass is 16.6. The largest absolute Gasteiger partial charge is 0.449 e. The third kappa shape index (κ3) is 5.24. The van der Waals surface area contributed by atoms with Gasteiger partial charge in [-0.05, 0) is 82.4 Å². The summed E-state index contributed by atoms with van der Waals surface area (Å²) in [5, 5.41) is 2.46. The van der Waals surface area contributed by atoms with Crippen LogP contribution >= 0.6 is 0 Å². The summed E-state index contributed by atoms with van der Waals surface area (Å²) in [6, 6.07) is 62.9. The lowest BCUT2D eigenvalue weighted by Crippen LogP contribution is -2.15. The number of hydrogen-bond acceptors (Lipinski definition) is 5. The first kappa shape index (κ1) is 34.2. The van der Waals surface area contributed by atoms with Gasteiger partial charge in [-0.3, -0.25) is 0 Å². The van der Waals surface area contributed by atoms with E-state index in [2.05, 4.69) is 146 Å². The molecule has 10 aromatic rings. The van der Waals surface area contributed by atoms with Gasteiger partial charge < -0.3 is 14.0 Å². The number of rotatable bonds is 5. The Balaban J connectivity index is 0.951. The van der Waals surface area contributed by atoms with E-state index in [0.29, 0.717) is 29.0 Å². The van der Waals surface area contributed by atoms with Crippen molar-refractivity contribution < 1.29 is 9.47 Å². The van der Waals surface area contributed by atoms with Crippen LogP contribution in [0.3, 0.4) is 0 Å². The van der Waals surface area contributed by atoms with Crippen LogP contribution in [0.25, 0.3) is 83.9 Å². The van der Waals surface area contributed by atoms with E-state index in [0.717, 1.165) is 50.6 Å². The van der Waals surface area contributed by atoms with Gasteiger partial charge in [0.2, 0.25) is 0 Å². The molecule has 6 nitrogen and oxygen atoms in total. The van der Waals surface area contributed by atoms with E-state index in [-0.39, 0.29) is 5.41 Å². The normalized spacial score (nSPS) is 13.2. The van der Waals surface area contributed by atoms with Gasteiger partial charge in [0, 0.05) is 44.1 Å². The Morgan fingerprint density at radius 1 is 0.417 bits per heavy atom. The Labute approximate surface area is 347 Å². The molecule has 6 heteroatoms. The average Bonchev–Trinajstić information content (AvgIpc) is 3.77. The second-order valence-corrected chi connectivity index (χ2v) is 16.0. The van der Waals surface area contributed by atoms with Gasteiger partial charge in [0.1, 0.15) is 0 Å². The van der Waals surface area contributed by atoms with Crippen molar-refractivity contribution in [2.24, 2.45) is 0 Å². The topological polar surface area (TPSA) is 62.1 Å². The standard InChI is InChI=1S/C54H36N4O2/c1-54(2)42-21-11-8-20-41(42)49-43(54)29-31-47-50(49)60-48-32-35(26-30-46(48)59-47)37-16-6-7-19-40(37)53-56-51(33-14-4-3-5-15-33)55-52(57-53)34-24-27-36(28-25-34)58-44-22-12-9-17-38(44)39-18-10-13-23-45(39)58/h3-32H,1-2H3. The first-order chi connectivity index (χ1) is 29.5. The summed E-state index contributed by atoms with van der Waals surface area (Å²) >= 11 is 0. The number of fused-ring (bicyclic) bond motifs is 9. The number of benzene rings is 8. The third-order valence-corrected chi connectivity index (χ3v) is 12.2. The third-order valence-electron chi connectivity index (χ3n) is 12.2. The van der Waals surface area contributed by atoms with Crippen LogP contribution in [-0.2, 0) is 5.41 Å². The average molecular weight is 773 g/mol. The van der Waals surface area contributed by atoms with Crippen molar-refractivity contribution in [2.45, 2.75) is 19.3 Å². The number of ether oxygens (including phenoxy) is 2. The van der Waals surface area contributed by atoms with Crippen molar-refractivity contribution in [1.82, 2.24) is 19.5 Å². The minimum atomic E-state index is -0.151. The molecule has 1 aliphatic heterocycles. The molecule has 0 N–H and O–H groups in total. The second kappa shape index (κ2) is 13.1. The van der Waals surface area contributed by atoms with Gasteiger partial charge in [-0.1, -0.05) is 141 Å². The fourth-order valence-corrected chi connectivity index (χ4v) is 9.22. The van der Waals surface area contributed by atoms with Gasteiger partial charge in [-0.25, -0.2) is 15.0 Å². The second-order valence-electron chi connectivity index (χ2n) is 16.0. The highest BCUT2D eigenvalue weighted by Gasteiger charge is 2.39. The van der Waals surface area contributed by atoms with Gasteiger partial charge in [-0.15, -0.1) is 0 Å². The van der Waals surface area contributed by atoms with Crippen LogP contribution in [0.4, 0.5) is 0 Å². The number of para-hydroxylation sites is 2. The molecule has 60 heavy (non-hydrogen) atoms. The van der Waals surface area contributed by atoms with Crippen molar-refractivity contribution in [1.29, 1.82) is 0 Å². The van der Waals surface area contributed by atoms with Gasteiger partial charge in [-0.2, -0.15) is 0 Å². The maximum atomic E-state index is 6.85. The molecule has 8 aromatic carbocycles. The maximum absolute atomic E-state index is 6.85. The summed E-state index contributed by atoms with van der Waals surface area (Å²) in [5.41, 5.74) is 12.7. The van der Waals surface area contributed by atoms with Crippen LogP contribution in [0.5, 0.6) is 23.0 Å². The van der Waals surface area contributed by atoms with Crippen molar-refractivity contribution in [2.75, 3.05) is 0 Å². The zero-order valence-corrected chi connectivity index (χ0v) is 32.9. The van der Waals surface area contributed by atoms with Crippen LogP contribution in [-0.4, -0.2) is 19.5 Å². The van der Waals surface area contributed by atoms with E-state index < -0.39 is 0 Å². The predicted octanol–water partition coefficient (Wildman–Crippen LogP) is 13.8. The Hall–Kier alpha value is -7.83. The highest BCUT2D eigenvalue weighted by Crippen LogP contribution is 2.58. The lowest BCUT2D eigenvalue weighted by molar-refractivity contribution is 0.360. The molecule has 0 amide bonds. The molecule has 0 bridgehead atoms. The first-order valence-electron chi connectivity index (χ1n) is 20.3. The number of aromatic nitrogens is 4. The van der Waals surface area contributed by atoms with E-state index >= 15 is 0 Å². The van der Waals surface area contributed by atoms with Crippen LogP contribution in [0.1, 0.15) is 25.0 Å². The van der Waals surface area contributed by atoms with E-state index in [4.69, 9.17) is 24.4 Å². The zero-order chi connectivity index (χ0) is 40.0. The Morgan fingerprint density at radius 3 is 1.72 bits per heavy atom. The van der Waals surface area contributed by atoms with Gasteiger partial charge in [0.15, 0.2) is 40.5 Å². The summed E-state index contributed by atoms with van der Waals surface area (Å²) in [4.78, 5) is 15.4. The minimum absolute atomic E-state index is 0.151. The van der Waals surface area contributed by atoms with Crippen LogP contribution in [0, 0.1) is 0 Å². The predicted molar refractivity (Wildman–Crippen MR) is 240 cm³/mol. The fourth-order valence-electron chi connectivity index (χ4n) is 9.22. The van der Waals surface area contributed by atoms with Crippen molar-refractivity contribution >= 4 is 21.8 Å². The molecule has 0 atom stereocenters. The Morgan fingerprint density at radius 2 is 0.983 bits per heavy atom. The summed E-state index contributed by atoms with van der Waals surface area (Å²) < 4.78 is 15.7. The minimum Gasteiger partial charge on any atom is -0.449 e. The number of nitrogens with zero attached hydrogens (tertiary/aromatic N) is 4. The molecular weight excluding hydrogens is 737 g/mol. The molecule has 0 unspecified atom stereocenters. The zero-order valence-electron chi connectivity index (χ0n) is 32.9. The lowest BCUT2D eigenvalue weighted by atomic mass is 9.82. The number of hydrogen-bond donors (Lipinski definition) is 0. The molecule has 2 aromatic heterocycles. The highest BCUT2D eigenvalue weighted by molar-refractivity contribution is 6.09. The SMILES string of the molecule is CC1(C)c2ccccc2-c2c1ccc1c2Oc2cc(-c3ccccc3-c3nc(-c4ccccc4)nc(-c4ccc(-n5c6ccccc6c6ccccc65)cc4)n3)ccc2O1. The van der Waals surface area contributed by atoms with Crippen LogP contribution in [0.2, 0.25) is 0 Å². The van der Waals surface area contributed by atoms with E-state index in [1.165, 1.54) is 38.5 Å². The van der Waals surface area contributed by atoms with Crippen LogP contribution in [0.15, 0.2) is 182 Å². The van der Waals surface area contributed by atoms with Gasteiger partial charge in [0.05, 0.1) is 11.0 Å². The molecule has 0 fully saturated rings. The lowest BCUT2D eigenvalue weighted by Gasteiger charge is -2.25. The Kier molecular flexibility index (Phi) is 7.47. The summed E-state index contributed by atoms with van der Waals surface area (Å²) in [6.45, 7) is 4.54. The molecule has 0 spiro atoms. The monoisotopic (exact) mass is 772 g/mol. The molecule has 0 saturated carbocycles. The van der Waals surface area contributed by atoms with Crippen LogP contribution < -0.4 is 9.47 Å². The molecule has 1 aliphatic carbocycles. The molecule has 3 heterocycles. The molecule has 2 aliphatic rings. The quantitative estimate of drug-likeness (QED) is 0.174. The molecule has 0 saturated heterocycles. The van der Waals surface area contributed by atoms with Gasteiger partial charge in [0.25, 0.3) is 0 Å². The summed E-state index contributed by atoms with van der Waals surface area (Å²) in [5.74, 6) is 4.59. The van der Waals surface area contributed by atoms with Crippen molar-refractivity contribution in [3.05, 3.63) is 193 Å². The van der Waals surface area contributed by atoms with Gasteiger partial charge >= 0.3 is 0 Å².